The molecule has 1 amide bonds. The fourth-order valence-electron chi connectivity index (χ4n) is 3.50. The molecule has 1 aromatic heterocycles. The maximum atomic E-state index is 12.7. The Bertz CT molecular complexity index is 793. The molecule has 0 saturated carbocycles. The molecule has 0 spiro atoms. The fourth-order valence-corrected chi connectivity index (χ4v) is 3.50. The number of benzene rings is 1. The van der Waals surface area contributed by atoms with Gasteiger partial charge in [-0.15, -0.1) is 0 Å². The first-order valence-corrected chi connectivity index (χ1v) is 9.35. The lowest BCUT2D eigenvalue weighted by atomic mass is 10.0. The number of carbonyl (C=O) groups excluding carboxylic acids is 1. The fraction of sp³-hybridized carbons (Fsp3) is 0.429. The van der Waals surface area contributed by atoms with Gasteiger partial charge in [-0.3, -0.25) is 14.4 Å². The predicted molar refractivity (Wildman–Crippen MR) is 106 cm³/mol. The molecule has 1 aromatic carbocycles. The molecule has 0 unspecified atom stereocenters. The lowest BCUT2D eigenvalue weighted by molar-refractivity contribution is -0.118. The van der Waals surface area contributed by atoms with E-state index in [2.05, 4.69) is 35.3 Å². The van der Waals surface area contributed by atoms with Crippen LogP contribution < -0.4 is 4.90 Å². The molecule has 3 rings (SSSR count). The van der Waals surface area contributed by atoms with Gasteiger partial charge in [-0.2, -0.15) is 5.10 Å². The minimum atomic E-state index is 0.198. The molecule has 138 valence electrons. The van der Waals surface area contributed by atoms with Gasteiger partial charge in [0.15, 0.2) is 0 Å². The first-order chi connectivity index (χ1) is 12.6. The van der Waals surface area contributed by atoms with Crippen molar-refractivity contribution in [2.45, 2.75) is 26.7 Å². The van der Waals surface area contributed by atoms with E-state index in [0.717, 1.165) is 37.3 Å². The summed E-state index contributed by atoms with van der Waals surface area (Å²) in [5, 5.41) is 4.25. The average Bonchev–Trinajstić information content (AvgIpc) is 3.09. The van der Waals surface area contributed by atoms with E-state index in [9.17, 15) is 4.79 Å². The van der Waals surface area contributed by atoms with Crippen LogP contribution in [0.25, 0.3) is 5.57 Å². The third-order valence-electron chi connectivity index (χ3n) is 5.03. The molecule has 0 fully saturated rings. The van der Waals surface area contributed by atoms with E-state index in [4.69, 9.17) is 0 Å². The van der Waals surface area contributed by atoms with Crippen molar-refractivity contribution in [1.82, 2.24) is 14.7 Å². The van der Waals surface area contributed by atoms with Crippen molar-refractivity contribution in [3.05, 3.63) is 53.9 Å². The highest BCUT2D eigenvalue weighted by Crippen LogP contribution is 2.23. The second-order valence-electron chi connectivity index (χ2n) is 6.86. The second kappa shape index (κ2) is 8.32. The van der Waals surface area contributed by atoms with Crippen LogP contribution in [0.1, 0.15) is 30.9 Å². The number of carbonyl (C=O) groups is 1. The molecule has 5 heteroatoms. The summed E-state index contributed by atoms with van der Waals surface area (Å²) in [7, 11) is 1.94. The van der Waals surface area contributed by atoms with E-state index in [1.54, 1.807) is 0 Å². The van der Waals surface area contributed by atoms with Crippen LogP contribution in [-0.2, 0) is 11.8 Å². The lowest BCUT2D eigenvalue weighted by Crippen LogP contribution is -2.36. The van der Waals surface area contributed by atoms with Crippen LogP contribution in [0.5, 0.6) is 0 Å². The van der Waals surface area contributed by atoms with Crippen LogP contribution in [0.3, 0.4) is 0 Å². The lowest BCUT2D eigenvalue weighted by Gasteiger charge is -2.28. The number of hydrogen-bond donors (Lipinski definition) is 0. The van der Waals surface area contributed by atoms with Crippen molar-refractivity contribution < 1.29 is 4.79 Å². The summed E-state index contributed by atoms with van der Waals surface area (Å²) in [5.41, 5.74) is 4.73. The monoisotopic (exact) mass is 352 g/mol. The van der Waals surface area contributed by atoms with Gasteiger partial charge in [0.2, 0.25) is 5.91 Å². The summed E-state index contributed by atoms with van der Waals surface area (Å²) in [6.45, 7) is 7.49. The van der Waals surface area contributed by atoms with Crippen LogP contribution in [0.4, 0.5) is 5.69 Å². The van der Waals surface area contributed by atoms with Gasteiger partial charge in [-0.05, 0) is 37.5 Å². The number of anilines is 1. The van der Waals surface area contributed by atoms with Gasteiger partial charge in [0, 0.05) is 57.1 Å². The minimum absolute atomic E-state index is 0.198. The van der Waals surface area contributed by atoms with Crippen molar-refractivity contribution in [2.75, 3.05) is 31.1 Å². The summed E-state index contributed by atoms with van der Waals surface area (Å²) >= 11 is 0. The molecule has 2 aromatic rings. The quantitative estimate of drug-likeness (QED) is 0.801. The van der Waals surface area contributed by atoms with E-state index >= 15 is 0 Å². The maximum Gasteiger partial charge on any atom is 0.228 e. The second-order valence-corrected chi connectivity index (χ2v) is 6.86. The number of nitrogens with zero attached hydrogens (tertiary/aromatic N) is 4. The highest BCUT2D eigenvalue weighted by Gasteiger charge is 2.18. The van der Waals surface area contributed by atoms with Crippen LogP contribution >= 0.6 is 0 Å². The van der Waals surface area contributed by atoms with Crippen molar-refractivity contribution in [3.8, 4) is 0 Å². The third-order valence-corrected chi connectivity index (χ3v) is 5.03. The Morgan fingerprint density at radius 3 is 2.73 bits per heavy atom. The van der Waals surface area contributed by atoms with Gasteiger partial charge in [-0.25, -0.2) is 0 Å². The normalized spacial score (nSPS) is 15.0. The largest absolute Gasteiger partial charge is 0.312 e. The number of aromatic nitrogens is 2. The van der Waals surface area contributed by atoms with E-state index < -0.39 is 0 Å². The van der Waals surface area contributed by atoms with Gasteiger partial charge >= 0.3 is 0 Å². The van der Waals surface area contributed by atoms with E-state index in [1.807, 2.05) is 47.9 Å². The van der Waals surface area contributed by atoms with Gasteiger partial charge in [0.25, 0.3) is 0 Å². The van der Waals surface area contributed by atoms with Gasteiger partial charge < -0.3 is 4.90 Å². The molecule has 1 aliphatic rings. The van der Waals surface area contributed by atoms with Crippen molar-refractivity contribution in [2.24, 2.45) is 7.05 Å². The zero-order valence-electron chi connectivity index (χ0n) is 16.0. The molecule has 2 heterocycles. The van der Waals surface area contributed by atoms with Gasteiger partial charge in [-0.1, -0.05) is 24.3 Å². The summed E-state index contributed by atoms with van der Waals surface area (Å²) in [6, 6.07) is 8.09. The van der Waals surface area contributed by atoms with Crippen molar-refractivity contribution >= 4 is 17.2 Å². The van der Waals surface area contributed by atoms with E-state index in [1.165, 1.54) is 11.1 Å². The molecule has 0 aliphatic carbocycles. The Labute approximate surface area is 155 Å². The van der Waals surface area contributed by atoms with Gasteiger partial charge in [0.1, 0.15) is 0 Å². The van der Waals surface area contributed by atoms with Crippen molar-refractivity contribution in [3.63, 3.8) is 0 Å². The van der Waals surface area contributed by atoms with Crippen LogP contribution in [0.15, 0.2) is 42.7 Å². The Balaban J connectivity index is 1.55. The van der Waals surface area contributed by atoms with E-state index in [0.29, 0.717) is 13.0 Å². The molecular formula is C21H28N4O. The smallest absolute Gasteiger partial charge is 0.228 e. The summed E-state index contributed by atoms with van der Waals surface area (Å²) in [5.74, 6) is 0.198. The zero-order chi connectivity index (χ0) is 18.5. The number of aryl methyl sites for hydroxylation is 2. The van der Waals surface area contributed by atoms with Gasteiger partial charge in [0.05, 0.1) is 6.20 Å². The molecular weight excluding hydrogens is 324 g/mol. The summed E-state index contributed by atoms with van der Waals surface area (Å²) < 4.78 is 1.84. The highest BCUT2D eigenvalue weighted by atomic mass is 16.2. The first-order valence-electron chi connectivity index (χ1n) is 9.35. The maximum absolute atomic E-state index is 12.7. The number of para-hydroxylation sites is 1. The molecule has 0 saturated heterocycles. The molecule has 0 radical (unpaired) electrons. The molecule has 5 nitrogen and oxygen atoms in total. The minimum Gasteiger partial charge on any atom is -0.312 e. The topological polar surface area (TPSA) is 41.4 Å². The Kier molecular flexibility index (Phi) is 5.89. The Hall–Kier alpha value is -2.40. The SMILES string of the molecule is CCN(C(=O)CCN1CC=C(c2cnn(C)c2)CC1)c1ccccc1C. The number of rotatable bonds is 6. The molecule has 1 aliphatic heterocycles. The van der Waals surface area contributed by atoms with Crippen molar-refractivity contribution in [1.29, 1.82) is 0 Å². The molecule has 0 atom stereocenters. The Morgan fingerprint density at radius 2 is 2.12 bits per heavy atom. The van der Waals surface area contributed by atoms with Crippen LogP contribution in [0.2, 0.25) is 0 Å². The summed E-state index contributed by atoms with van der Waals surface area (Å²) in [4.78, 5) is 17.0. The van der Waals surface area contributed by atoms with Crippen LogP contribution in [-0.4, -0.2) is 46.8 Å². The average molecular weight is 352 g/mol. The molecule has 0 N–H and O–H groups in total. The number of amides is 1. The standard InChI is InChI=1S/C21H28N4O/c1-4-25(20-8-6-5-7-17(20)2)21(26)11-14-24-12-9-18(10-13-24)19-15-22-23(3)16-19/h5-9,15-16H,4,10-14H2,1-3H3. The third kappa shape index (κ3) is 4.22. The number of hydrogen-bond acceptors (Lipinski definition) is 3. The molecule has 0 bridgehead atoms. The van der Waals surface area contributed by atoms with Crippen LogP contribution in [0, 0.1) is 6.92 Å². The first kappa shape index (κ1) is 18.4. The zero-order valence-corrected chi connectivity index (χ0v) is 16.0. The molecule has 26 heavy (non-hydrogen) atoms. The summed E-state index contributed by atoms with van der Waals surface area (Å²) in [6.07, 6.45) is 7.82. The Morgan fingerprint density at radius 1 is 1.31 bits per heavy atom. The van der Waals surface area contributed by atoms with E-state index in [-0.39, 0.29) is 5.91 Å². The predicted octanol–water partition coefficient (Wildman–Crippen LogP) is 3.26. The highest BCUT2D eigenvalue weighted by molar-refractivity contribution is 5.94.